The Hall–Kier alpha value is -1.65. The fraction of sp³-hybridized carbons (Fsp3) is 0.389. The number of fused-ring (bicyclic) bond motifs is 3. The summed E-state index contributed by atoms with van der Waals surface area (Å²) in [7, 11) is 0. The van der Waals surface area contributed by atoms with Crippen molar-refractivity contribution < 1.29 is 4.79 Å². The number of hydrogen-bond acceptors (Lipinski definition) is 3. The van der Waals surface area contributed by atoms with E-state index in [1.54, 1.807) is 11.3 Å². The van der Waals surface area contributed by atoms with E-state index in [0.29, 0.717) is 6.04 Å². The lowest BCUT2D eigenvalue weighted by Crippen LogP contribution is -2.36. The molecule has 1 aliphatic carbocycles. The summed E-state index contributed by atoms with van der Waals surface area (Å²) < 4.78 is 0. The standard InChI is InChI=1S/C18H20N2OS/c21-18(20-11-14-5-3-9-19-14)16-10-13-8-7-12-4-1-2-6-15(12)17(13)22-16/h1-2,4,6,10,14,19H,3,5,7-9,11H2,(H,20,21). The lowest BCUT2D eigenvalue weighted by atomic mass is 9.91. The molecule has 0 bridgehead atoms. The van der Waals surface area contributed by atoms with Gasteiger partial charge in [0.25, 0.3) is 5.91 Å². The minimum Gasteiger partial charge on any atom is -0.350 e. The van der Waals surface area contributed by atoms with Crippen molar-refractivity contribution in [2.75, 3.05) is 13.1 Å². The highest BCUT2D eigenvalue weighted by Crippen LogP contribution is 2.39. The van der Waals surface area contributed by atoms with Crippen LogP contribution in [-0.4, -0.2) is 25.0 Å². The van der Waals surface area contributed by atoms with Crippen molar-refractivity contribution in [1.82, 2.24) is 10.6 Å². The highest BCUT2D eigenvalue weighted by molar-refractivity contribution is 7.17. The first kappa shape index (κ1) is 14.0. The van der Waals surface area contributed by atoms with Crippen molar-refractivity contribution in [3.8, 4) is 10.4 Å². The van der Waals surface area contributed by atoms with E-state index in [-0.39, 0.29) is 5.91 Å². The Bertz CT molecular complexity index is 701. The highest BCUT2D eigenvalue weighted by Gasteiger charge is 2.22. The number of carbonyl (C=O) groups excluding carboxylic acids is 1. The van der Waals surface area contributed by atoms with E-state index in [1.807, 2.05) is 0 Å². The van der Waals surface area contributed by atoms with Crippen LogP contribution in [0.3, 0.4) is 0 Å². The SMILES string of the molecule is O=C(NCC1CCCN1)c1cc2c(s1)-c1ccccc1CC2. The normalized spacial score (nSPS) is 19.5. The fourth-order valence-corrected chi connectivity index (χ4v) is 4.60. The van der Waals surface area contributed by atoms with Gasteiger partial charge >= 0.3 is 0 Å². The Morgan fingerprint density at radius 2 is 2.14 bits per heavy atom. The van der Waals surface area contributed by atoms with Crippen molar-refractivity contribution >= 4 is 17.2 Å². The van der Waals surface area contributed by atoms with E-state index in [4.69, 9.17) is 0 Å². The van der Waals surface area contributed by atoms with Crippen molar-refractivity contribution in [2.45, 2.75) is 31.7 Å². The molecule has 1 aliphatic heterocycles. The number of benzene rings is 1. The van der Waals surface area contributed by atoms with Gasteiger partial charge in [0.1, 0.15) is 0 Å². The first-order chi connectivity index (χ1) is 10.8. The molecule has 1 aromatic heterocycles. The molecule has 1 saturated heterocycles. The van der Waals surface area contributed by atoms with Crippen LogP contribution >= 0.6 is 11.3 Å². The minimum absolute atomic E-state index is 0.0746. The van der Waals surface area contributed by atoms with Gasteiger partial charge in [-0.05, 0) is 55.0 Å². The molecule has 2 aromatic rings. The second-order valence-electron chi connectivity index (χ2n) is 6.13. The van der Waals surface area contributed by atoms with E-state index in [2.05, 4.69) is 41.0 Å². The van der Waals surface area contributed by atoms with E-state index in [1.165, 1.54) is 28.0 Å². The molecule has 22 heavy (non-hydrogen) atoms. The molecule has 4 heteroatoms. The molecule has 2 N–H and O–H groups in total. The van der Waals surface area contributed by atoms with Crippen LogP contribution in [-0.2, 0) is 12.8 Å². The predicted molar refractivity (Wildman–Crippen MR) is 90.5 cm³/mol. The Balaban J connectivity index is 1.52. The van der Waals surface area contributed by atoms with Gasteiger partial charge in [-0.15, -0.1) is 11.3 Å². The van der Waals surface area contributed by atoms with Crippen LogP contribution in [0.15, 0.2) is 30.3 Å². The monoisotopic (exact) mass is 312 g/mol. The Kier molecular flexibility index (Phi) is 3.72. The molecule has 1 unspecified atom stereocenters. The average Bonchev–Trinajstić information content (AvgIpc) is 3.21. The predicted octanol–water partition coefficient (Wildman–Crippen LogP) is 3.00. The molecule has 4 rings (SSSR count). The Morgan fingerprint density at radius 1 is 1.27 bits per heavy atom. The largest absolute Gasteiger partial charge is 0.350 e. The van der Waals surface area contributed by atoms with Crippen molar-refractivity contribution in [2.24, 2.45) is 0 Å². The van der Waals surface area contributed by atoms with Crippen molar-refractivity contribution in [3.63, 3.8) is 0 Å². The molecule has 1 fully saturated rings. The maximum atomic E-state index is 12.4. The summed E-state index contributed by atoms with van der Waals surface area (Å²) in [6.07, 6.45) is 4.49. The van der Waals surface area contributed by atoms with Gasteiger partial charge in [-0.3, -0.25) is 4.79 Å². The summed E-state index contributed by atoms with van der Waals surface area (Å²) >= 11 is 1.64. The third-order valence-electron chi connectivity index (χ3n) is 4.63. The smallest absolute Gasteiger partial charge is 0.261 e. The van der Waals surface area contributed by atoms with E-state index < -0.39 is 0 Å². The van der Waals surface area contributed by atoms with Gasteiger partial charge in [0.15, 0.2) is 0 Å². The number of hydrogen-bond donors (Lipinski definition) is 2. The van der Waals surface area contributed by atoms with Crippen LogP contribution in [0.25, 0.3) is 10.4 Å². The van der Waals surface area contributed by atoms with Crippen LogP contribution in [0.4, 0.5) is 0 Å². The fourth-order valence-electron chi connectivity index (χ4n) is 3.42. The third-order valence-corrected chi connectivity index (χ3v) is 5.84. The van der Waals surface area contributed by atoms with Gasteiger partial charge in [0.2, 0.25) is 0 Å². The first-order valence-electron chi connectivity index (χ1n) is 8.04. The molecule has 1 atom stereocenters. The van der Waals surface area contributed by atoms with E-state index in [9.17, 15) is 4.79 Å². The zero-order chi connectivity index (χ0) is 14.9. The molecule has 1 amide bonds. The molecule has 2 heterocycles. The lowest BCUT2D eigenvalue weighted by Gasteiger charge is -2.15. The number of amides is 1. The second-order valence-corrected chi connectivity index (χ2v) is 7.18. The number of thiophene rings is 1. The van der Waals surface area contributed by atoms with Gasteiger partial charge in [-0.1, -0.05) is 24.3 Å². The molecule has 1 aromatic carbocycles. The summed E-state index contributed by atoms with van der Waals surface area (Å²) in [6, 6.07) is 11.1. The van der Waals surface area contributed by atoms with Crippen LogP contribution < -0.4 is 10.6 Å². The molecule has 0 spiro atoms. The van der Waals surface area contributed by atoms with Crippen molar-refractivity contribution in [1.29, 1.82) is 0 Å². The number of nitrogens with one attached hydrogen (secondary N) is 2. The maximum absolute atomic E-state index is 12.4. The topological polar surface area (TPSA) is 41.1 Å². The Labute approximate surface area is 134 Å². The molecular weight excluding hydrogens is 292 g/mol. The van der Waals surface area contributed by atoms with E-state index in [0.717, 1.165) is 37.2 Å². The summed E-state index contributed by atoms with van der Waals surface area (Å²) in [5.41, 5.74) is 4.04. The van der Waals surface area contributed by atoms with Crippen molar-refractivity contribution in [3.05, 3.63) is 46.3 Å². The third kappa shape index (κ3) is 2.57. The summed E-state index contributed by atoms with van der Waals surface area (Å²) in [4.78, 5) is 14.5. The number of aryl methyl sites for hydroxylation is 2. The summed E-state index contributed by atoms with van der Waals surface area (Å²) in [6.45, 7) is 1.81. The highest BCUT2D eigenvalue weighted by atomic mass is 32.1. The van der Waals surface area contributed by atoms with Crippen LogP contribution in [0.5, 0.6) is 0 Å². The first-order valence-corrected chi connectivity index (χ1v) is 8.85. The number of rotatable bonds is 3. The zero-order valence-corrected chi connectivity index (χ0v) is 13.3. The molecular formula is C18H20N2OS. The average molecular weight is 312 g/mol. The van der Waals surface area contributed by atoms with Crippen LogP contribution in [0, 0.1) is 0 Å². The van der Waals surface area contributed by atoms with Gasteiger partial charge < -0.3 is 10.6 Å². The second kappa shape index (κ2) is 5.86. The van der Waals surface area contributed by atoms with Gasteiger partial charge in [0, 0.05) is 17.5 Å². The summed E-state index contributed by atoms with van der Waals surface area (Å²) in [5, 5.41) is 6.50. The quantitative estimate of drug-likeness (QED) is 0.915. The molecule has 2 aliphatic rings. The molecule has 3 nitrogen and oxygen atoms in total. The molecule has 0 saturated carbocycles. The summed E-state index contributed by atoms with van der Waals surface area (Å²) in [5.74, 6) is 0.0746. The van der Waals surface area contributed by atoms with Crippen LogP contribution in [0.1, 0.15) is 33.6 Å². The van der Waals surface area contributed by atoms with Crippen LogP contribution in [0.2, 0.25) is 0 Å². The Morgan fingerprint density at radius 3 is 3.00 bits per heavy atom. The van der Waals surface area contributed by atoms with Gasteiger partial charge in [-0.2, -0.15) is 0 Å². The van der Waals surface area contributed by atoms with Gasteiger partial charge in [-0.25, -0.2) is 0 Å². The van der Waals surface area contributed by atoms with Gasteiger partial charge in [0.05, 0.1) is 4.88 Å². The maximum Gasteiger partial charge on any atom is 0.261 e. The number of carbonyl (C=O) groups is 1. The molecule has 114 valence electrons. The molecule has 0 radical (unpaired) electrons. The lowest BCUT2D eigenvalue weighted by molar-refractivity contribution is 0.0954. The minimum atomic E-state index is 0.0746. The van der Waals surface area contributed by atoms with E-state index >= 15 is 0 Å². The zero-order valence-electron chi connectivity index (χ0n) is 12.5.